The van der Waals surface area contributed by atoms with E-state index in [4.69, 9.17) is 15.2 Å². The van der Waals surface area contributed by atoms with E-state index in [0.29, 0.717) is 22.9 Å². The van der Waals surface area contributed by atoms with Crippen molar-refractivity contribution in [3.63, 3.8) is 0 Å². The molecule has 1 heterocycles. The third-order valence-electron chi connectivity index (χ3n) is 2.88. The molecule has 0 unspecified atom stereocenters. The van der Waals surface area contributed by atoms with Crippen LogP contribution in [0.25, 0.3) is 0 Å². The zero-order valence-corrected chi connectivity index (χ0v) is 11.4. The SMILES string of the molecule is COc1cc(OC)cc(C(=O)Cc2ccnc(N)c2)c1. The summed E-state index contributed by atoms with van der Waals surface area (Å²) in [6, 6.07) is 8.56. The summed E-state index contributed by atoms with van der Waals surface area (Å²) >= 11 is 0. The Labute approximate surface area is 117 Å². The average molecular weight is 272 g/mol. The summed E-state index contributed by atoms with van der Waals surface area (Å²) in [4.78, 5) is 16.2. The first kappa shape index (κ1) is 13.9. The zero-order chi connectivity index (χ0) is 14.5. The molecule has 5 heteroatoms. The smallest absolute Gasteiger partial charge is 0.167 e. The molecule has 0 aliphatic heterocycles. The number of nitrogen functional groups attached to an aromatic ring is 1. The van der Waals surface area contributed by atoms with Crippen molar-refractivity contribution < 1.29 is 14.3 Å². The fourth-order valence-electron chi connectivity index (χ4n) is 1.86. The van der Waals surface area contributed by atoms with Crippen LogP contribution < -0.4 is 15.2 Å². The zero-order valence-electron chi connectivity index (χ0n) is 11.4. The first-order chi connectivity index (χ1) is 9.62. The van der Waals surface area contributed by atoms with E-state index in [-0.39, 0.29) is 12.2 Å². The number of ketones is 1. The molecule has 0 saturated heterocycles. The van der Waals surface area contributed by atoms with Gasteiger partial charge in [0.15, 0.2) is 5.78 Å². The molecule has 0 amide bonds. The molecule has 0 aliphatic rings. The first-order valence-corrected chi connectivity index (χ1v) is 6.09. The topological polar surface area (TPSA) is 74.4 Å². The second-order valence-electron chi connectivity index (χ2n) is 4.29. The molecule has 1 aromatic heterocycles. The monoisotopic (exact) mass is 272 g/mol. The second kappa shape index (κ2) is 6.06. The lowest BCUT2D eigenvalue weighted by Gasteiger charge is -2.08. The van der Waals surface area contributed by atoms with Gasteiger partial charge in [-0.2, -0.15) is 0 Å². The van der Waals surface area contributed by atoms with Gasteiger partial charge in [0.2, 0.25) is 0 Å². The molecule has 20 heavy (non-hydrogen) atoms. The standard InChI is InChI=1S/C15H16N2O3/c1-19-12-7-11(8-13(9-12)20-2)14(18)5-10-3-4-17-15(16)6-10/h3-4,6-9H,5H2,1-2H3,(H2,16,17). The molecule has 2 aromatic rings. The van der Waals surface area contributed by atoms with Gasteiger partial charge < -0.3 is 15.2 Å². The Bertz CT molecular complexity index is 604. The minimum atomic E-state index is -0.0344. The van der Waals surface area contributed by atoms with Gasteiger partial charge in [0.1, 0.15) is 17.3 Å². The van der Waals surface area contributed by atoms with E-state index in [1.807, 2.05) is 0 Å². The van der Waals surface area contributed by atoms with E-state index in [9.17, 15) is 4.79 Å². The Morgan fingerprint density at radius 1 is 1.15 bits per heavy atom. The van der Waals surface area contributed by atoms with Crippen LogP contribution in [0.1, 0.15) is 15.9 Å². The highest BCUT2D eigenvalue weighted by Crippen LogP contribution is 2.23. The van der Waals surface area contributed by atoms with Gasteiger partial charge in [-0.1, -0.05) is 0 Å². The number of hydrogen-bond acceptors (Lipinski definition) is 5. The van der Waals surface area contributed by atoms with E-state index in [2.05, 4.69) is 4.98 Å². The molecule has 0 radical (unpaired) electrons. The van der Waals surface area contributed by atoms with Gasteiger partial charge in [-0.25, -0.2) is 4.98 Å². The van der Waals surface area contributed by atoms with Crippen LogP contribution in [0.15, 0.2) is 36.5 Å². The highest BCUT2D eigenvalue weighted by molar-refractivity contribution is 5.98. The Morgan fingerprint density at radius 3 is 2.35 bits per heavy atom. The van der Waals surface area contributed by atoms with Crippen LogP contribution in [0.5, 0.6) is 11.5 Å². The molecule has 0 bridgehead atoms. The molecule has 0 aliphatic carbocycles. The normalized spacial score (nSPS) is 10.1. The number of pyridine rings is 1. The molecule has 0 saturated carbocycles. The molecule has 2 rings (SSSR count). The maximum absolute atomic E-state index is 12.3. The molecule has 0 fully saturated rings. The lowest BCUT2D eigenvalue weighted by molar-refractivity contribution is 0.0992. The van der Waals surface area contributed by atoms with Crippen LogP contribution in [0.3, 0.4) is 0 Å². The number of nitrogens with two attached hydrogens (primary N) is 1. The Kier molecular flexibility index (Phi) is 4.20. The number of carbonyl (C=O) groups is 1. The number of carbonyl (C=O) groups excluding carboxylic acids is 1. The molecule has 1 aromatic carbocycles. The van der Waals surface area contributed by atoms with Crippen molar-refractivity contribution in [2.24, 2.45) is 0 Å². The third-order valence-corrected chi connectivity index (χ3v) is 2.88. The van der Waals surface area contributed by atoms with Crippen LogP contribution >= 0.6 is 0 Å². The summed E-state index contributed by atoms with van der Waals surface area (Å²) in [7, 11) is 3.10. The number of rotatable bonds is 5. The van der Waals surface area contributed by atoms with E-state index in [1.54, 1.807) is 50.7 Å². The predicted molar refractivity (Wildman–Crippen MR) is 76.2 cm³/mol. The number of aromatic nitrogens is 1. The summed E-state index contributed by atoms with van der Waals surface area (Å²) in [5.74, 6) is 1.54. The highest BCUT2D eigenvalue weighted by Gasteiger charge is 2.11. The predicted octanol–water partition coefficient (Wildman–Crippen LogP) is 2.11. The number of hydrogen-bond donors (Lipinski definition) is 1. The van der Waals surface area contributed by atoms with Gasteiger partial charge in [0, 0.05) is 24.2 Å². The average Bonchev–Trinajstić information content (AvgIpc) is 2.46. The van der Waals surface area contributed by atoms with E-state index in [1.165, 1.54) is 0 Å². The summed E-state index contributed by atoms with van der Waals surface area (Å²) in [5.41, 5.74) is 6.96. The van der Waals surface area contributed by atoms with Gasteiger partial charge in [0.25, 0.3) is 0 Å². The Hall–Kier alpha value is -2.56. The Balaban J connectivity index is 2.24. The molecular formula is C15H16N2O3. The molecule has 0 spiro atoms. The summed E-state index contributed by atoms with van der Waals surface area (Å²) in [5, 5.41) is 0. The molecule has 5 nitrogen and oxygen atoms in total. The van der Waals surface area contributed by atoms with Gasteiger partial charge in [-0.15, -0.1) is 0 Å². The van der Waals surface area contributed by atoms with E-state index in [0.717, 1.165) is 5.56 Å². The van der Waals surface area contributed by atoms with E-state index >= 15 is 0 Å². The highest BCUT2D eigenvalue weighted by atomic mass is 16.5. The number of methoxy groups -OCH3 is 2. The van der Waals surface area contributed by atoms with Crippen molar-refractivity contribution in [1.29, 1.82) is 0 Å². The van der Waals surface area contributed by atoms with Crippen molar-refractivity contribution in [3.05, 3.63) is 47.7 Å². The summed E-state index contributed by atoms with van der Waals surface area (Å²) < 4.78 is 10.3. The quantitative estimate of drug-likeness (QED) is 0.844. The van der Waals surface area contributed by atoms with Crippen molar-refractivity contribution in [2.45, 2.75) is 6.42 Å². The van der Waals surface area contributed by atoms with E-state index < -0.39 is 0 Å². The largest absolute Gasteiger partial charge is 0.497 e. The lowest BCUT2D eigenvalue weighted by Crippen LogP contribution is -2.05. The van der Waals surface area contributed by atoms with Gasteiger partial charge in [-0.05, 0) is 29.8 Å². The molecule has 0 atom stereocenters. The molecule has 104 valence electrons. The van der Waals surface area contributed by atoms with Gasteiger partial charge in [-0.3, -0.25) is 4.79 Å². The van der Waals surface area contributed by atoms with Crippen LogP contribution in [-0.4, -0.2) is 25.0 Å². The third kappa shape index (κ3) is 3.26. The molecule has 2 N–H and O–H groups in total. The minimum Gasteiger partial charge on any atom is -0.497 e. The van der Waals surface area contributed by atoms with Crippen LogP contribution in [0.2, 0.25) is 0 Å². The Morgan fingerprint density at radius 2 is 1.80 bits per heavy atom. The minimum absolute atomic E-state index is 0.0344. The van der Waals surface area contributed by atoms with Crippen LogP contribution in [-0.2, 0) is 6.42 Å². The fourth-order valence-corrected chi connectivity index (χ4v) is 1.86. The van der Waals surface area contributed by atoms with Gasteiger partial charge in [0.05, 0.1) is 14.2 Å². The fraction of sp³-hybridized carbons (Fsp3) is 0.200. The van der Waals surface area contributed by atoms with Gasteiger partial charge >= 0.3 is 0 Å². The van der Waals surface area contributed by atoms with Crippen molar-refractivity contribution in [1.82, 2.24) is 4.98 Å². The maximum Gasteiger partial charge on any atom is 0.167 e. The van der Waals surface area contributed by atoms with Crippen molar-refractivity contribution >= 4 is 11.6 Å². The lowest BCUT2D eigenvalue weighted by atomic mass is 10.0. The number of benzene rings is 1. The number of Topliss-reactive ketones (excluding diaryl/α,β-unsaturated/α-hetero) is 1. The molecular weight excluding hydrogens is 256 g/mol. The first-order valence-electron chi connectivity index (χ1n) is 6.09. The summed E-state index contributed by atoms with van der Waals surface area (Å²) in [6.45, 7) is 0. The number of anilines is 1. The van der Waals surface area contributed by atoms with Crippen molar-refractivity contribution in [3.8, 4) is 11.5 Å². The number of nitrogens with zero attached hydrogens (tertiary/aromatic N) is 1. The maximum atomic E-state index is 12.3. The second-order valence-corrected chi connectivity index (χ2v) is 4.29. The van der Waals surface area contributed by atoms with Crippen molar-refractivity contribution in [2.75, 3.05) is 20.0 Å². The van der Waals surface area contributed by atoms with Crippen LogP contribution in [0.4, 0.5) is 5.82 Å². The number of ether oxygens (including phenoxy) is 2. The van der Waals surface area contributed by atoms with Crippen LogP contribution in [0, 0.1) is 0 Å². The summed E-state index contributed by atoms with van der Waals surface area (Å²) in [6.07, 6.45) is 1.84.